The highest BCUT2D eigenvalue weighted by Gasteiger charge is 2.31. The standard InChI is InChI=1S/C12H19N3O2S/c1-13-11-7-8-14-9-12(11)18(16,17)15(2)10-5-3-4-6-10/h7-10H,3-6H2,1-2H3,(H,13,14). The van der Waals surface area contributed by atoms with Crippen molar-refractivity contribution in [1.82, 2.24) is 9.29 Å². The Hall–Kier alpha value is -1.14. The highest BCUT2D eigenvalue weighted by atomic mass is 32.2. The van der Waals surface area contributed by atoms with Crippen LogP contribution in [0.4, 0.5) is 5.69 Å². The maximum Gasteiger partial charge on any atom is 0.246 e. The van der Waals surface area contributed by atoms with E-state index in [9.17, 15) is 8.42 Å². The minimum absolute atomic E-state index is 0.125. The van der Waals surface area contributed by atoms with Crippen molar-refractivity contribution in [3.63, 3.8) is 0 Å². The van der Waals surface area contributed by atoms with E-state index in [1.165, 1.54) is 10.5 Å². The number of hydrogen-bond donors (Lipinski definition) is 1. The van der Waals surface area contributed by atoms with E-state index >= 15 is 0 Å². The molecule has 1 heterocycles. The van der Waals surface area contributed by atoms with E-state index in [1.807, 2.05) is 0 Å². The first-order valence-corrected chi connectivity index (χ1v) is 7.61. The Labute approximate surface area is 108 Å². The van der Waals surface area contributed by atoms with Gasteiger partial charge in [-0.15, -0.1) is 0 Å². The summed E-state index contributed by atoms with van der Waals surface area (Å²) in [5.41, 5.74) is 0.592. The molecule has 1 aliphatic rings. The van der Waals surface area contributed by atoms with Gasteiger partial charge in [-0.25, -0.2) is 8.42 Å². The zero-order valence-corrected chi connectivity index (χ0v) is 11.6. The first-order valence-electron chi connectivity index (χ1n) is 6.17. The molecular formula is C12H19N3O2S. The van der Waals surface area contributed by atoms with Crippen molar-refractivity contribution in [2.45, 2.75) is 36.6 Å². The Morgan fingerprint density at radius 2 is 2.06 bits per heavy atom. The summed E-state index contributed by atoms with van der Waals surface area (Å²) in [4.78, 5) is 4.17. The zero-order valence-electron chi connectivity index (χ0n) is 10.8. The molecule has 1 aromatic heterocycles. The lowest BCUT2D eigenvalue weighted by Gasteiger charge is -2.24. The van der Waals surface area contributed by atoms with Crippen LogP contribution in [0, 0.1) is 0 Å². The molecule has 0 amide bonds. The molecule has 0 aliphatic heterocycles. The van der Waals surface area contributed by atoms with Crippen molar-refractivity contribution in [3.8, 4) is 0 Å². The minimum atomic E-state index is -3.46. The number of pyridine rings is 1. The lowest BCUT2D eigenvalue weighted by molar-refractivity contribution is 0.373. The molecule has 0 bridgehead atoms. The Kier molecular flexibility index (Phi) is 3.87. The highest BCUT2D eigenvalue weighted by molar-refractivity contribution is 7.89. The first kappa shape index (κ1) is 13.3. The van der Waals surface area contributed by atoms with Crippen LogP contribution in [0.5, 0.6) is 0 Å². The second-order valence-electron chi connectivity index (χ2n) is 4.58. The molecule has 0 aromatic carbocycles. The average Bonchev–Trinajstić information content (AvgIpc) is 2.91. The molecule has 1 saturated carbocycles. The van der Waals surface area contributed by atoms with E-state index in [0.29, 0.717) is 5.69 Å². The second-order valence-corrected chi connectivity index (χ2v) is 6.55. The number of nitrogens with one attached hydrogen (secondary N) is 1. The van der Waals surface area contributed by atoms with Crippen molar-refractivity contribution >= 4 is 15.7 Å². The summed E-state index contributed by atoms with van der Waals surface area (Å²) in [6.45, 7) is 0. The Bertz CT molecular complexity index is 510. The van der Waals surface area contributed by atoms with Gasteiger partial charge < -0.3 is 5.32 Å². The van der Waals surface area contributed by atoms with Gasteiger partial charge in [-0.05, 0) is 18.9 Å². The van der Waals surface area contributed by atoms with Crippen molar-refractivity contribution < 1.29 is 8.42 Å². The summed E-state index contributed by atoms with van der Waals surface area (Å²) in [6.07, 6.45) is 7.11. The Morgan fingerprint density at radius 1 is 1.39 bits per heavy atom. The van der Waals surface area contributed by atoms with Gasteiger partial charge in [0.2, 0.25) is 10.0 Å². The van der Waals surface area contributed by atoms with Crippen molar-refractivity contribution in [3.05, 3.63) is 18.5 Å². The van der Waals surface area contributed by atoms with Crippen LogP contribution < -0.4 is 5.32 Å². The topological polar surface area (TPSA) is 62.3 Å². The largest absolute Gasteiger partial charge is 0.387 e. The molecule has 1 fully saturated rings. The lowest BCUT2D eigenvalue weighted by atomic mass is 10.3. The fourth-order valence-electron chi connectivity index (χ4n) is 2.41. The SMILES string of the molecule is CNc1ccncc1S(=O)(=O)N(C)C1CCCC1. The smallest absolute Gasteiger partial charge is 0.246 e. The number of rotatable bonds is 4. The van der Waals surface area contributed by atoms with Crippen LogP contribution >= 0.6 is 0 Å². The molecule has 6 heteroatoms. The summed E-state index contributed by atoms with van der Waals surface area (Å²) in [6, 6.07) is 1.80. The van der Waals surface area contributed by atoms with Gasteiger partial charge in [-0.2, -0.15) is 4.31 Å². The fraction of sp³-hybridized carbons (Fsp3) is 0.583. The van der Waals surface area contributed by atoms with Crippen molar-refractivity contribution in [2.24, 2.45) is 0 Å². The van der Waals surface area contributed by atoms with Crippen molar-refractivity contribution in [1.29, 1.82) is 0 Å². The molecule has 0 saturated heterocycles. The molecule has 100 valence electrons. The summed E-state index contributed by atoms with van der Waals surface area (Å²) >= 11 is 0. The number of hydrogen-bond acceptors (Lipinski definition) is 4. The molecule has 0 spiro atoms. The molecule has 0 atom stereocenters. The van der Waals surface area contributed by atoms with Gasteiger partial charge in [0.25, 0.3) is 0 Å². The number of aromatic nitrogens is 1. The normalized spacial score (nSPS) is 17.3. The summed E-state index contributed by atoms with van der Waals surface area (Å²) in [5, 5.41) is 2.90. The molecule has 1 aromatic rings. The van der Waals surface area contributed by atoms with E-state index in [2.05, 4.69) is 10.3 Å². The maximum absolute atomic E-state index is 12.5. The van der Waals surface area contributed by atoms with E-state index in [4.69, 9.17) is 0 Å². The summed E-state index contributed by atoms with van der Waals surface area (Å²) in [5.74, 6) is 0. The predicted octanol–water partition coefficient (Wildman–Crippen LogP) is 1.69. The van der Waals surface area contributed by atoms with Crippen LogP contribution in [0.3, 0.4) is 0 Å². The summed E-state index contributed by atoms with van der Waals surface area (Å²) in [7, 11) is -0.0802. The van der Waals surface area contributed by atoms with Gasteiger partial charge in [0.1, 0.15) is 4.90 Å². The Morgan fingerprint density at radius 3 is 2.67 bits per heavy atom. The third-order valence-electron chi connectivity index (χ3n) is 3.55. The summed E-state index contributed by atoms with van der Waals surface area (Å²) < 4.78 is 26.6. The third kappa shape index (κ3) is 2.35. The fourth-order valence-corrected chi connectivity index (χ4v) is 3.97. The molecule has 1 aliphatic carbocycles. The van der Waals surface area contributed by atoms with Gasteiger partial charge in [-0.3, -0.25) is 4.98 Å². The molecule has 2 rings (SSSR count). The van der Waals surface area contributed by atoms with E-state index in [1.54, 1.807) is 26.4 Å². The van der Waals surface area contributed by atoms with Crippen LogP contribution in [-0.2, 0) is 10.0 Å². The Balaban J connectivity index is 2.35. The molecule has 0 radical (unpaired) electrons. The van der Waals surface area contributed by atoms with E-state index in [-0.39, 0.29) is 10.9 Å². The van der Waals surface area contributed by atoms with Crippen LogP contribution in [0.25, 0.3) is 0 Å². The number of nitrogens with zero attached hydrogens (tertiary/aromatic N) is 2. The van der Waals surface area contributed by atoms with Gasteiger partial charge in [0.15, 0.2) is 0 Å². The van der Waals surface area contributed by atoms with Gasteiger partial charge >= 0.3 is 0 Å². The third-order valence-corrected chi connectivity index (χ3v) is 5.49. The van der Waals surface area contributed by atoms with Crippen LogP contribution in [-0.4, -0.2) is 37.8 Å². The van der Waals surface area contributed by atoms with Crippen LogP contribution in [0.2, 0.25) is 0 Å². The average molecular weight is 269 g/mol. The second kappa shape index (κ2) is 5.24. The molecule has 0 unspecified atom stereocenters. The molecular weight excluding hydrogens is 250 g/mol. The zero-order chi connectivity index (χ0) is 13.2. The van der Waals surface area contributed by atoms with Crippen LogP contribution in [0.15, 0.2) is 23.4 Å². The van der Waals surface area contributed by atoms with E-state index < -0.39 is 10.0 Å². The molecule has 18 heavy (non-hydrogen) atoms. The van der Waals surface area contributed by atoms with Gasteiger partial charge in [0, 0.05) is 32.5 Å². The van der Waals surface area contributed by atoms with Crippen LogP contribution in [0.1, 0.15) is 25.7 Å². The highest BCUT2D eigenvalue weighted by Crippen LogP contribution is 2.29. The van der Waals surface area contributed by atoms with E-state index in [0.717, 1.165) is 25.7 Å². The first-order chi connectivity index (χ1) is 8.57. The maximum atomic E-state index is 12.5. The van der Waals surface area contributed by atoms with Gasteiger partial charge in [0.05, 0.1) is 5.69 Å². The monoisotopic (exact) mass is 269 g/mol. The van der Waals surface area contributed by atoms with Gasteiger partial charge in [-0.1, -0.05) is 12.8 Å². The predicted molar refractivity (Wildman–Crippen MR) is 71.0 cm³/mol. The lowest BCUT2D eigenvalue weighted by Crippen LogP contribution is -2.35. The molecule has 1 N–H and O–H groups in total. The quantitative estimate of drug-likeness (QED) is 0.903. The minimum Gasteiger partial charge on any atom is -0.387 e. The molecule has 5 nitrogen and oxygen atoms in total. The number of anilines is 1. The van der Waals surface area contributed by atoms with Crippen molar-refractivity contribution in [2.75, 3.05) is 19.4 Å². The number of sulfonamides is 1.